The van der Waals surface area contributed by atoms with Crippen LogP contribution in [0.3, 0.4) is 0 Å². The Bertz CT molecular complexity index is 644. The van der Waals surface area contributed by atoms with E-state index in [0.29, 0.717) is 12.8 Å². The summed E-state index contributed by atoms with van der Waals surface area (Å²) >= 11 is 0. The molecule has 3 saturated carbocycles. The van der Waals surface area contributed by atoms with Crippen LogP contribution in [0.1, 0.15) is 46.0 Å². The fourth-order valence-electron chi connectivity index (χ4n) is 7.18. The van der Waals surface area contributed by atoms with Gasteiger partial charge in [0.1, 0.15) is 6.10 Å². The minimum Gasteiger partial charge on any atom is -0.396 e. The molecule has 3 fully saturated rings. The molecule has 5 nitrogen and oxygen atoms in total. The van der Waals surface area contributed by atoms with E-state index in [9.17, 15) is 25.5 Å². The van der Waals surface area contributed by atoms with Gasteiger partial charge in [-0.1, -0.05) is 32.1 Å². The van der Waals surface area contributed by atoms with Gasteiger partial charge in [0.15, 0.2) is 0 Å². The van der Waals surface area contributed by atoms with Crippen LogP contribution in [-0.2, 0) is 0 Å². The fraction of sp³-hybridized carbons (Fsp3) is 0.810. The Morgan fingerprint density at radius 2 is 1.92 bits per heavy atom. The summed E-state index contributed by atoms with van der Waals surface area (Å²) < 4.78 is 0. The van der Waals surface area contributed by atoms with Crippen LogP contribution >= 0.6 is 0 Å². The van der Waals surface area contributed by atoms with Gasteiger partial charge in [-0.15, -0.1) is 0 Å². The predicted molar refractivity (Wildman–Crippen MR) is 97.0 cm³/mol. The lowest BCUT2D eigenvalue weighted by molar-refractivity contribution is -0.204. The highest BCUT2D eigenvalue weighted by atomic mass is 16.3. The molecule has 4 rings (SSSR count). The molecule has 4 aliphatic rings. The van der Waals surface area contributed by atoms with E-state index in [0.717, 1.165) is 18.4 Å². The lowest BCUT2D eigenvalue weighted by Gasteiger charge is -2.62. The highest BCUT2D eigenvalue weighted by Gasteiger charge is 2.68. The molecular weight excluding hydrogens is 332 g/mol. The van der Waals surface area contributed by atoms with Crippen molar-refractivity contribution in [1.29, 1.82) is 0 Å². The molecule has 9 atom stereocenters. The third kappa shape index (κ3) is 2.15. The monoisotopic (exact) mass is 364 g/mol. The van der Waals surface area contributed by atoms with E-state index in [1.165, 1.54) is 0 Å². The number of hydrogen-bond acceptors (Lipinski definition) is 5. The summed E-state index contributed by atoms with van der Waals surface area (Å²) in [6, 6.07) is 0. The summed E-state index contributed by atoms with van der Waals surface area (Å²) in [5.74, 6) is -0.458. The molecule has 0 spiro atoms. The van der Waals surface area contributed by atoms with E-state index in [2.05, 4.69) is 19.1 Å². The van der Waals surface area contributed by atoms with Crippen LogP contribution in [0.2, 0.25) is 0 Å². The molecule has 0 heterocycles. The van der Waals surface area contributed by atoms with Crippen molar-refractivity contribution < 1.29 is 25.5 Å². The Balaban J connectivity index is 1.80. The molecule has 3 unspecified atom stereocenters. The van der Waals surface area contributed by atoms with Gasteiger partial charge < -0.3 is 25.5 Å². The normalized spacial score (nSPS) is 55.7. The Labute approximate surface area is 155 Å². The second kappa shape index (κ2) is 5.89. The summed E-state index contributed by atoms with van der Waals surface area (Å²) in [4.78, 5) is 0. The maximum absolute atomic E-state index is 11.3. The molecule has 0 aromatic heterocycles. The smallest absolute Gasteiger partial charge is 0.102 e. The van der Waals surface area contributed by atoms with E-state index >= 15 is 0 Å². The summed E-state index contributed by atoms with van der Waals surface area (Å²) in [5, 5.41) is 53.8. The molecule has 5 N–H and O–H groups in total. The fourth-order valence-corrected chi connectivity index (χ4v) is 7.18. The molecule has 0 bridgehead atoms. The predicted octanol–water partition coefficient (Wildman–Crippen LogP) is 1.14. The third-order valence-electron chi connectivity index (χ3n) is 8.49. The largest absolute Gasteiger partial charge is 0.396 e. The van der Waals surface area contributed by atoms with Crippen molar-refractivity contribution in [2.45, 2.75) is 69.9 Å². The summed E-state index contributed by atoms with van der Waals surface area (Å²) in [6.07, 6.45) is 6.36. The van der Waals surface area contributed by atoms with Gasteiger partial charge in [0.25, 0.3) is 0 Å². The Morgan fingerprint density at radius 3 is 2.62 bits per heavy atom. The molecule has 0 aliphatic heterocycles. The standard InChI is InChI=1S/C21H32O5/c1-19-7-4-3-5-13(19)17(24)18(25)15-12-6-8-21(26,9-10-22)20(12,2)11-14(23)16(15)19/h4-5,7,12,14-18,22-26H,3,6,8-11H2,1-2H3/t12-,14?,15-,16-,17?,18?,19-,20-,21-/m0/s1. The van der Waals surface area contributed by atoms with Gasteiger partial charge in [-0.05, 0) is 49.5 Å². The maximum Gasteiger partial charge on any atom is 0.102 e. The number of fused-ring (bicyclic) bond motifs is 5. The van der Waals surface area contributed by atoms with Gasteiger partial charge in [0.2, 0.25) is 0 Å². The first-order valence-electron chi connectivity index (χ1n) is 9.95. The van der Waals surface area contributed by atoms with Crippen LogP contribution in [0.5, 0.6) is 0 Å². The van der Waals surface area contributed by atoms with Crippen molar-refractivity contribution in [3.63, 3.8) is 0 Å². The zero-order valence-corrected chi connectivity index (χ0v) is 15.7. The second-order valence-corrected chi connectivity index (χ2v) is 9.46. The van der Waals surface area contributed by atoms with E-state index in [1.807, 2.05) is 13.0 Å². The number of rotatable bonds is 2. The van der Waals surface area contributed by atoms with Crippen LogP contribution in [0, 0.1) is 28.6 Å². The summed E-state index contributed by atoms with van der Waals surface area (Å²) in [6.45, 7) is 3.95. The van der Waals surface area contributed by atoms with Crippen molar-refractivity contribution in [3.8, 4) is 0 Å². The molecule has 0 amide bonds. The highest BCUT2D eigenvalue weighted by molar-refractivity contribution is 5.37. The topological polar surface area (TPSA) is 101 Å². The number of aliphatic hydroxyl groups excluding tert-OH is 4. The summed E-state index contributed by atoms with van der Waals surface area (Å²) in [5.41, 5.74) is -1.27. The molecular formula is C21H32O5. The van der Waals surface area contributed by atoms with Crippen molar-refractivity contribution in [3.05, 3.63) is 23.8 Å². The molecule has 5 heteroatoms. The van der Waals surface area contributed by atoms with Crippen molar-refractivity contribution in [1.82, 2.24) is 0 Å². The highest BCUT2D eigenvalue weighted by Crippen LogP contribution is 2.67. The van der Waals surface area contributed by atoms with Crippen molar-refractivity contribution >= 4 is 0 Å². The van der Waals surface area contributed by atoms with Crippen LogP contribution in [0.15, 0.2) is 23.8 Å². The summed E-state index contributed by atoms with van der Waals surface area (Å²) in [7, 11) is 0. The van der Waals surface area contributed by atoms with Crippen molar-refractivity contribution in [2.75, 3.05) is 6.61 Å². The van der Waals surface area contributed by atoms with Gasteiger partial charge in [-0.3, -0.25) is 0 Å². The van der Waals surface area contributed by atoms with Gasteiger partial charge in [0, 0.05) is 23.4 Å². The molecule has 4 aliphatic carbocycles. The van der Waals surface area contributed by atoms with E-state index in [-0.39, 0.29) is 30.8 Å². The SMILES string of the molecule is C[C@]12C=CCC=C1C(O)C(O)[C@@H]1[C@@H]2C(O)C[C@@]2(C)[C@H]1CC[C@]2(O)CCO. The zero-order chi connectivity index (χ0) is 18.9. The van der Waals surface area contributed by atoms with E-state index in [1.54, 1.807) is 0 Å². The van der Waals surface area contributed by atoms with E-state index in [4.69, 9.17) is 0 Å². The molecule has 0 saturated heterocycles. The minimum absolute atomic E-state index is 0.00537. The molecule has 146 valence electrons. The average Bonchev–Trinajstić information content (AvgIpc) is 2.83. The maximum atomic E-state index is 11.3. The first-order chi connectivity index (χ1) is 12.2. The number of hydrogen-bond donors (Lipinski definition) is 5. The lowest BCUT2D eigenvalue weighted by atomic mass is 9.45. The van der Waals surface area contributed by atoms with Crippen LogP contribution in [0.25, 0.3) is 0 Å². The third-order valence-corrected chi connectivity index (χ3v) is 8.49. The Hall–Kier alpha value is -0.720. The first-order valence-corrected chi connectivity index (χ1v) is 9.95. The Kier molecular flexibility index (Phi) is 4.22. The number of aliphatic hydroxyl groups is 5. The lowest BCUT2D eigenvalue weighted by Crippen LogP contribution is -2.65. The quantitative estimate of drug-likeness (QED) is 0.473. The van der Waals surface area contributed by atoms with Gasteiger partial charge >= 0.3 is 0 Å². The van der Waals surface area contributed by atoms with Gasteiger partial charge in [0.05, 0.1) is 17.8 Å². The van der Waals surface area contributed by atoms with Gasteiger partial charge in [-0.2, -0.15) is 0 Å². The molecule has 0 aromatic carbocycles. The molecule has 26 heavy (non-hydrogen) atoms. The van der Waals surface area contributed by atoms with Crippen LogP contribution in [-0.4, -0.2) is 56.1 Å². The zero-order valence-electron chi connectivity index (χ0n) is 15.7. The van der Waals surface area contributed by atoms with Gasteiger partial charge in [-0.25, -0.2) is 0 Å². The number of allylic oxidation sites excluding steroid dienone is 3. The van der Waals surface area contributed by atoms with Crippen LogP contribution in [0.4, 0.5) is 0 Å². The average molecular weight is 364 g/mol. The molecule has 0 radical (unpaired) electrons. The second-order valence-electron chi connectivity index (χ2n) is 9.46. The first kappa shape index (κ1) is 18.6. The molecule has 0 aromatic rings. The van der Waals surface area contributed by atoms with E-state index < -0.39 is 34.7 Å². The van der Waals surface area contributed by atoms with Crippen molar-refractivity contribution in [2.24, 2.45) is 28.6 Å². The minimum atomic E-state index is -1.04. The van der Waals surface area contributed by atoms with Crippen LogP contribution < -0.4 is 0 Å². The Morgan fingerprint density at radius 1 is 1.19 bits per heavy atom.